The highest BCUT2D eigenvalue weighted by Crippen LogP contribution is 2.44. The van der Waals surface area contributed by atoms with E-state index in [-0.39, 0.29) is 18.2 Å². The molecule has 29 heavy (non-hydrogen) atoms. The van der Waals surface area contributed by atoms with Crippen LogP contribution in [-0.2, 0) is 18.2 Å². The summed E-state index contributed by atoms with van der Waals surface area (Å²) in [6.45, 7) is 0.569. The van der Waals surface area contributed by atoms with Gasteiger partial charge in [0.25, 0.3) is 0 Å². The van der Waals surface area contributed by atoms with Gasteiger partial charge in [-0.1, -0.05) is 48.5 Å². The van der Waals surface area contributed by atoms with Crippen molar-refractivity contribution >= 4 is 12.1 Å². The number of carboxylic acid groups (broad SMARTS) is 1. The van der Waals surface area contributed by atoms with Crippen molar-refractivity contribution in [2.45, 2.75) is 12.3 Å². The molecule has 0 aliphatic heterocycles. The average molecular weight is 391 g/mol. The topological polar surface area (TPSA) is 93.5 Å². The van der Waals surface area contributed by atoms with Crippen LogP contribution in [0.1, 0.15) is 33.2 Å². The van der Waals surface area contributed by atoms with Crippen LogP contribution >= 0.6 is 0 Å². The van der Waals surface area contributed by atoms with Crippen LogP contribution in [-0.4, -0.2) is 40.1 Å². The SMILES string of the molecule is Cn1nc(CCNC(=O)OCC2c3ccccc3-c3ccccc32)cc1C(=O)O. The van der Waals surface area contributed by atoms with Crippen molar-refractivity contribution in [2.24, 2.45) is 7.05 Å². The lowest BCUT2D eigenvalue weighted by Gasteiger charge is -2.14. The van der Waals surface area contributed by atoms with Gasteiger partial charge in [0.05, 0.1) is 5.69 Å². The molecule has 0 saturated carbocycles. The first kappa shape index (κ1) is 18.7. The molecule has 2 N–H and O–H groups in total. The minimum atomic E-state index is -1.03. The Morgan fingerprint density at radius 2 is 1.72 bits per heavy atom. The smallest absolute Gasteiger partial charge is 0.407 e. The highest BCUT2D eigenvalue weighted by Gasteiger charge is 2.28. The molecule has 1 heterocycles. The second-order valence-corrected chi connectivity index (χ2v) is 6.95. The third-order valence-electron chi connectivity index (χ3n) is 5.14. The Kier molecular flexibility index (Phi) is 5.03. The maximum absolute atomic E-state index is 12.1. The van der Waals surface area contributed by atoms with Gasteiger partial charge in [-0.2, -0.15) is 5.10 Å². The number of benzene rings is 2. The van der Waals surface area contributed by atoms with Crippen LogP contribution in [0.15, 0.2) is 54.6 Å². The average Bonchev–Trinajstić information content (AvgIpc) is 3.24. The van der Waals surface area contributed by atoms with Gasteiger partial charge in [-0.3, -0.25) is 4.68 Å². The minimum Gasteiger partial charge on any atom is -0.477 e. The molecule has 0 saturated heterocycles. The van der Waals surface area contributed by atoms with Gasteiger partial charge >= 0.3 is 12.1 Å². The second kappa shape index (κ2) is 7.79. The number of amides is 1. The van der Waals surface area contributed by atoms with E-state index in [0.29, 0.717) is 18.7 Å². The number of hydrogen-bond donors (Lipinski definition) is 2. The lowest BCUT2D eigenvalue weighted by molar-refractivity contribution is 0.0685. The quantitative estimate of drug-likeness (QED) is 0.673. The Labute approximate surface area is 167 Å². The summed E-state index contributed by atoms with van der Waals surface area (Å²) in [4.78, 5) is 23.2. The fourth-order valence-corrected chi connectivity index (χ4v) is 3.79. The number of carbonyl (C=O) groups is 2. The summed E-state index contributed by atoms with van der Waals surface area (Å²) in [5, 5.41) is 15.9. The molecule has 0 unspecified atom stereocenters. The first-order valence-electron chi connectivity index (χ1n) is 9.39. The van der Waals surface area contributed by atoms with Crippen LogP contribution < -0.4 is 5.32 Å². The van der Waals surface area contributed by atoms with Crippen molar-refractivity contribution in [1.29, 1.82) is 0 Å². The summed E-state index contributed by atoms with van der Waals surface area (Å²) >= 11 is 0. The molecule has 1 amide bonds. The Balaban J connectivity index is 1.33. The van der Waals surface area contributed by atoms with E-state index in [0.717, 1.165) is 11.1 Å². The highest BCUT2D eigenvalue weighted by atomic mass is 16.5. The molecule has 148 valence electrons. The van der Waals surface area contributed by atoms with Gasteiger partial charge in [0, 0.05) is 25.9 Å². The van der Waals surface area contributed by atoms with Crippen LogP contribution in [0.5, 0.6) is 0 Å². The third kappa shape index (κ3) is 3.71. The summed E-state index contributed by atoms with van der Waals surface area (Å²) in [5.74, 6) is -1.02. The van der Waals surface area contributed by atoms with E-state index in [1.807, 2.05) is 24.3 Å². The van der Waals surface area contributed by atoms with Crippen LogP contribution in [0.4, 0.5) is 4.79 Å². The molecule has 2 aromatic carbocycles. The number of aromatic carboxylic acids is 1. The third-order valence-corrected chi connectivity index (χ3v) is 5.14. The second-order valence-electron chi connectivity index (χ2n) is 6.95. The number of nitrogens with one attached hydrogen (secondary N) is 1. The normalized spacial score (nSPS) is 12.3. The van der Waals surface area contributed by atoms with Crippen molar-refractivity contribution in [1.82, 2.24) is 15.1 Å². The predicted molar refractivity (Wildman–Crippen MR) is 107 cm³/mol. The van der Waals surface area contributed by atoms with Crippen molar-refractivity contribution < 1.29 is 19.4 Å². The van der Waals surface area contributed by atoms with Crippen LogP contribution in [0, 0.1) is 0 Å². The first-order valence-corrected chi connectivity index (χ1v) is 9.39. The molecule has 0 radical (unpaired) electrons. The van der Waals surface area contributed by atoms with E-state index < -0.39 is 12.1 Å². The van der Waals surface area contributed by atoms with E-state index in [4.69, 9.17) is 9.84 Å². The van der Waals surface area contributed by atoms with Gasteiger partial charge in [0.2, 0.25) is 0 Å². The summed E-state index contributed by atoms with van der Waals surface area (Å²) in [7, 11) is 1.58. The summed E-state index contributed by atoms with van der Waals surface area (Å²) in [6.07, 6.45) is -0.0769. The Morgan fingerprint density at radius 3 is 2.31 bits per heavy atom. The standard InChI is InChI=1S/C22H21N3O4/c1-25-20(21(26)27)12-14(24-25)10-11-23-22(28)29-13-19-17-8-4-2-6-15(17)16-7-3-5-9-18(16)19/h2-9,12,19H,10-11,13H2,1H3,(H,23,28)(H,26,27). The van der Waals surface area contributed by atoms with Crippen molar-refractivity contribution in [3.8, 4) is 11.1 Å². The van der Waals surface area contributed by atoms with E-state index in [2.05, 4.69) is 34.7 Å². The highest BCUT2D eigenvalue weighted by molar-refractivity contribution is 5.85. The van der Waals surface area contributed by atoms with Gasteiger partial charge in [0.15, 0.2) is 0 Å². The number of fused-ring (bicyclic) bond motifs is 3. The maximum Gasteiger partial charge on any atom is 0.407 e. The molecule has 0 fully saturated rings. The number of carboxylic acids is 1. The van der Waals surface area contributed by atoms with Crippen molar-refractivity contribution in [2.75, 3.05) is 13.2 Å². The van der Waals surface area contributed by atoms with Crippen LogP contribution in [0.3, 0.4) is 0 Å². The molecule has 1 aromatic heterocycles. The molecule has 4 rings (SSSR count). The Hall–Kier alpha value is -3.61. The minimum absolute atomic E-state index is 0.0158. The zero-order valence-corrected chi connectivity index (χ0v) is 16.0. The van der Waals surface area contributed by atoms with Gasteiger partial charge in [-0.15, -0.1) is 0 Å². The molecule has 0 bridgehead atoms. The van der Waals surface area contributed by atoms with E-state index in [1.54, 1.807) is 7.05 Å². The Bertz CT molecular complexity index is 1030. The monoisotopic (exact) mass is 391 g/mol. The number of aromatic nitrogens is 2. The molecule has 7 nitrogen and oxygen atoms in total. The first-order chi connectivity index (χ1) is 14.0. The molecule has 1 aliphatic rings. The fraction of sp³-hybridized carbons (Fsp3) is 0.227. The number of nitrogens with zero attached hydrogens (tertiary/aromatic N) is 2. The molecular formula is C22H21N3O4. The largest absolute Gasteiger partial charge is 0.477 e. The van der Waals surface area contributed by atoms with Crippen LogP contribution in [0.25, 0.3) is 11.1 Å². The molecule has 0 spiro atoms. The van der Waals surface area contributed by atoms with Gasteiger partial charge in [-0.05, 0) is 28.3 Å². The number of aryl methyl sites for hydroxylation is 1. The lowest BCUT2D eigenvalue weighted by atomic mass is 9.98. The zero-order valence-electron chi connectivity index (χ0n) is 16.0. The zero-order chi connectivity index (χ0) is 20.4. The predicted octanol–water partition coefficient (Wildman–Crippen LogP) is 3.20. The van der Waals surface area contributed by atoms with Crippen molar-refractivity contribution in [3.63, 3.8) is 0 Å². The maximum atomic E-state index is 12.1. The number of rotatable bonds is 6. The number of alkyl carbamates (subject to hydrolysis) is 1. The van der Waals surface area contributed by atoms with E-state index in [1.165, 1.54) is 21.9 Å². The number of ether oxygens (including phenoxy) is 1. The van der Waals surface area contributed by atoms with E-state index in [9.17, 15) is 9.59 Å². The summed E-state index contributed by atoms with van der Waals surface area (Å²) in [5.41, 5.74) is 5.40. The Morgan fingerprint density at radius 1 is 1.10 bits per heavy atom. The summed E-state index contributed by atoms with van der Waals surface area (Å²) in [6, 6.07) is 17.8. The van der Waals surface area contributed by atoms with E-state index >= 15 is 0 Å². The van der Waals surface area contributed by atoms with Gasteiger partial charge in [-0.25, -0.2) is 9.59 Å². The molecule has 7 heteroatoms. The summed E-state index contributed by atoms with van der Waals surface area (Å²) < 4.78 is 6.79. The molecule has 0 atom stereocenters. The number of carbonyl (C=O) groups excluding carboxylic acids is 1. The van der Waals surface area contributed by atoms with Crippen molar-refractivity contribution in [3.05, 3.63) is 77.1 Å². The lowest BCUT2D eigenvalue weighted by Crippen LogP contribution is -2.28. The van der Waals surface area contributed by atoms with Crippen LogP contribution in [0.2, 0.25) is 0 Å². The van der Waals surface area contributed by atoms with Gasteiger partial charge in [0.1, 0.15) is 12.3 Å². The molecule has 1 aliphatic carbocycles. The fourth-order valence-electron chi connectivity index (χ4n) is 3.79. The van der Waals surface area contributed by atoms with Gasteiger partial charge < -0.3 is 15.2 Å². The molecule has 3 aromatic rings. The molecular weight excluding hydrogens is 370 g/mol. The number of hydrogen-bond acceptors (Lipinski definition) is 4.